The average Bonchev–Trinajstić information content (AvgIpc) is 2.59. The Morgan fingerprint density at radius 3 is 2.04 bits per heavy atom. The van der Waals surface area contributed by atoms with Crippen LogP contribution in [0, 0.1) is 34.9 Å². The Bertz CT molecular complexity index is 843. The molecular weight excluding hydrogens is 390 g/mol. The van der Waals surface area contributed by atoms with E-state index in [0.717, 1.165) is 0 Å². The highest BCUT2D eigenvalue weighted by Crippen LogP contribution is 2.37. The van der Waals surface area contributed by atoms with Crippen LogP contribution >= 0.6 is 11.6 Å². The first-order chi connectivity index (χ1) is 12.2. The molecule has 2 aromatic carbocycles. The highest BCUT2D eigenvalue weighted by Gasteiger charge is 2.28. The molecular formula is C16H9ClF6O3. The van der Waals surface area contributed by atoms with Crippen molar-refractivity contribution in [3.8, 4) is 16.9 Å². The maximum absolute atomic E-state index is 14.1. The van der Waals surface area contributed by atoms with E-state index in [9.17, 15) is 31.1 Å². The van der Waals surface area contributed by atoms with Crippen LogP contribution in [0.15, 0.2) is 12.1 Å². The van der Waals surface area contributed by atoms with Crippen LogP contribution < -0.4 is 4.74 Å². The largest absolute Gasteiger partial charge is 0.480 e. The van der Waals surface area contributed by atoms with Gasteiger partial charge in [0.05, 0.1) is 17.2 Å². The lowest BCUT2D eigenvalue weighted by atomic mass is 10.0. The quantitative estimate of drug-likeness (QED) is 0.314. The molecule has 0 aliphatic rings. The molecule has 0 unspecified atom stereocenters. The molecule has 26 heavy (non-hydrogen) atoms. The summed E-state index contributed by atoms with van der Waals surface area (Å²) in [4.78, 5) is 11.3. The van der Waals surface area contributed by atoms with Crippen LogP contribution in [0.1, 0.15) is 6.92 Å². The van der Waals surface area contributed by atoms with Crippen molar-refractivity contribution in [2.24, 2.45) is 0 Å². The van der Waals surface area contributed by atoms with E-state index in [-0.39, 0.29) is 11.6 Å². The van der Waals surface area contributed by atoms with Gasteiger partial charge in [-0.2, -0.15) is 0 Å². The minimum absolute atomic E-state index is 0.0507. The zero-order valence-corrected chi connectivity index (χ0v) is 13.7. The number of carbonyl (C=O) groups is 1. The van der Waals surface area contributed by atoms with Crippen molar-refractivity contribution in [3.63, 3.8) is 0 Å². The summed E-state index contributed by atoms with van der Waals surface area (Å²) in [6, 6.07) is 1.17. The van der Waals surface area contributed by atoms with Crippen molar-refractivity contribution in [1.29, 1.82) is 0 Å². The molecule has 140 valence electrons. The molecule has 0 amide bonds. The zero-order valence-electron chi connectivity index (χ0n) is 12.9. The lowest BCUT2D eigenvalue weighted by Crippen LogP contribution is -2.15. The van der Waals surface area contributed by atoms with E-state index in [1.54, 1.807) is 0 Å². The minimum atomic E-state index is -2.38. The molecule has 2 aromatic rings. The van der Waals surface area contributed by atoms with Crippen molar-refractivity contribution in [2.75, 3.05) is 13.2 Å². The Hall–Kier alpha value is -2.42. The van der Waals surface area contributed by atoms with E-state index in [1.807, 2.05) is 0 Å². The van der Waals surface area contributed by atoms with Crippen LogP contribution in [-0.4, -0.2) is 19.2 Å². The molecule has 0 saturated carbocycles. The fraction of sp³-hybridized carbons (Fsp3) is 0.188. The molecule has 0 fully saturated rings. The smallest absolute Gasteiger partial charge is 0.344 e. The first-order valence-corrected chi connectivity index (χ1v) is 7.36. The topological polar surface area (TPSA) is 35.5 Å². The summed E-state index contributed by atoms with van der Waals surface area (Å²) in [5.41, 5.74) is -2.47. The number of carbonyl (C=O) groups excluding carboxylic acids is 1. The summed E-state index contributed by atoms with van der Waals surface area (Å²) in [6.07, 6.45) is 0. The SMILES string of the molecule is CCOC(=O)COc1cc(-c2c(F)c(F)c(F)c(F)c2F)c(F)cc1Cl. The van der Waals surface area contributed by atoms with E-state index in [0.29, 0.717) is 12.1 Å². The van der Waals surface area contributed by atoms with Gasteiger partial charge in [0, 0.05) is 5.56 Å². The monoisotopic (exact) mass is 398 g/mol. The van der Waals surface area contributed by atoms with Crippen molar-refractivity contribution < 1.29 is 40.6 Å². The highest BCUT2D eigenvalue weighted by atomic mass is 35.5. The summed E-state index contributed by atoms with van der Waals surface area (Å²) >= 11 is 5.70. The standard InChI is InChI=1S/C16H9ClF6O3/c1-2-25-10(24)5-26-9-3-6(8(18)4-7(9)17)11-12(19)14(21)16(23)15(22)13(11)20/h3-4H,2,5H2,1H3. The number of hydrogen-bond donors (Lipinski definition) is 0. The maximum Gasteiger partial charge on any atom is 0.344 e. The molecule has 0 spiro atoms. The normalized spacial score (nSPS) is 10.8. The summed E-state index contributed by atoms with van der Waals surface area (Å²) in [6.45, 7) is 0.912. The predicted molar refractivity (Wildman–Crippen MR) is 78.8 cm³/mol. The van der Waals surface area contributed by atoms with E-state index >= 15 is 0 Å². The van der Waals surface area contributed by atoms with Gasteiger partial charge in [0.25, 0.3) is 0 Å². The van der Waals surface area contributed by atoms with Crippen molar-refractivity contribution in [3.05, 3.63) is 52.1 Å². The van der Waals surface area contributed by atoms with Crippen LogP contribution in [0.5, 0.6) is 5.75 Å². The third-order valence-corrected chi connectivity index (χ3v) is 3.45. The fourth-order valence-corrected chi connectivity index (χ4v) is 2.22. The molecule has 3 nitrogen and oxygen atoms in total. The molecule has 0 aliphatic heterocycles. The number of halogens is 7. The molecule has 0 atom stereocenters. The second kappa shape index (κ2) is 7.86. The minimum Gasteiger partial charge on any atom is -0.480 e. The first-order valence-electron chi connectivity index (χ1n) is 6.98. The molecule has 0 radical (unpaired) electrons. The first kappa shape index (κ1) is 19.9. The fourth-order valence-electron chi connectivity index (χ4n) is 2.01. The predicted octanol–water partition coefficient (Wildman–Crippen LogP) is 4.78. The molecule has 0 heterocycles. The third-order valence-electron chi connectivity index (χ3n) is 3.15. The van der Waals surface area contributed by atoms with Crippen LogP contribution in [0.25, 0.3) is 11.1 Å². The van der Waals surface area contributed by atoms with Gasteiger partial charge in [-0.15, -0.1) is 0 Å². The summed E-state index contributed by atoms with van der Waals surface area (Å²) in [5.74, 6) is -13.9. The van der Waals surface area contributed by atoms with Gasteiger partial charge < -0.3 is 9.47 Å². The van der Waals surface area contributed by atoms with Crippen molar-refractivity contribution in [2.45, 2.75) is 6.92 Å². The maximum atomic E-state index is 14.1. The number of benzene rings is 2. The molecule has 0 N–H and O–H groups in total. The van der Waals surface area contributed by atoms with Crippen LogP contribution in [0.2, 0.25) is 5.02 Å². The van der Waals surface area contributed by atoms with Crippen molar-refractivity contribution >= 4 is 17.6 Å². The zero-order chi connectivity index (χ0) is 19.6. The van der Waals surface area contributed by atoms with Gasteiger partial charge in [-0.1, -0.05) is 11.6 Å². The summed E-state index contributed by atoms with van der Waals surface area (Å²) in [7, 11) is 0. The van der Waals surface area contributed by atoms with Gasteiger partial charge in [0.2, 0.25) is 5.82 Å². The Morgan fingerprint density at radius 1 is 0.962 bits per heavy atom. The van der Waals surface area contributed by atoms with Crippen LogP contribution in [-0.2, 0) is 9.53 Å². The van der Waals surface area contributed by atoms with Crippen LogP contribution in [0.3, 0.4) is 0 Å². The lowest BCUT2D eigenvalue weighted by Gasteiger charge is -2.13. The third kappa shape index (κ3) is 3.72. The second-order valence-electron chi connectivity index (χ2n) is 4.80. The Morgan fingerprint density at radius 2 is 1.50 bits per heavy atom. The van der Waals surface area contributed by atoms with E-state index in [4.69, 9.17) is 16.3 Å². The van der Waals surface area contributed by atoms with Gasteiger partial charge in [-0.3, -0.25) is 0 Å². The summed E-state index contributed by atoms with van der Waals surface area (Å²) in [5, 5.41) is -0.389. The van der Waals surface area contributed by atoms with Gasteiger partial charge >= 0.3 is 5.97 Å². The summed E-state index contributed by atoms with van der Waals surface area (Å²) < 4.78 is 91.1. The lowest BCUT2D eigenvalue weighted by molar-refractivity contribution is -0.145. The molecule has 0 bridgehead atoms. The average molecular weight is 399 g/mol. The number of ether oxygens (including phenoxy) is 2. The van der Waals surface area contributed by atoms with E-state index in [1.165, 1.54) is 6.92 Å². The molecule has 0 aliphatic carbocycles. The Labute approximate surface area is 148 Å². The van der Waals surface area contributed by atoms with Gasteiger partial charge in [0.1, 0.15) is 11.6 Å². The Balaban J connectivity index is 2.55. The molecule has 0 saturated heterocycles. The Kier molecular flexibility index (Phi) is 6.01. The van der Waals surface area contributed by atoms with Gasteiger partial charge in [-0.25, -0.2) is 31.1 Å². The highest BCUT2D eigenvalue weighted by molar-refractivity contribution is 6.32. The number of rotatable bonds is 5. The van der Waals surface area contributed by atoms with Gasteiger partial charge in [0.15, 0.2) is 29.9 Å². The molecule has 2 rings (SSSR count). The molecule has 10 heteroatoms. The van der Waals surface area contributed by atoms with Gasteiger partial charge in [-0.05, 0) is 19.1 Å². The van der Waals surface area contributed by atoms with E-state index < -0.39 is 64.4 Å². The van der Waals surface area contributed by atoms with E-state index in [2.05, 4.69) is 4.74 Å². The van der Waals surface area contributed by atoms with Crippen molar-refractivity contribution in [1.82, 2.24) is 0 Å². The number of esters is 1. The van der Waals surface area contributed by atoms with Crippen LogP contribution in [0.4, 0.5) is 26.3 Å². The number of hydrogen-bond acceptors (Lipinski definition) is 3. The molecule has 0 aromatic heterocycles. The second-order valence-corrected chi connectivity index (χ2v) is 5.21.